The summed E-state index contributed by atoms with van der Waals surface area (Å²) < 4.78 is 0. The fraction of sp³-hybridized carbons (Fsp3) is 0.452. The van der Waals surface area contributed by atoms with Crippen molar-refractivity contribution in [3.63, 3.8) is 0 Å². The third-order valence-electron chi connectivity index (χ3n) is 7.58. The average molecular weight is 545 g/mol. The van der Waals surface area contributed by atoms with Crippen LogP contribution in [0.5, 0.6) is 0 Å². The minimum atomic E-state index is -0.974. The molecule has 0 unspecified atom stereocenters. The monoisotopic (exact) mass is 544 g/mol. The van der Waals surface area contributed by atoms with Crippen LogP contribution in [-0.4, -0.2) is 68.6 Å². The van der Waals surface area contributed by atoms with Gasteiger partial charge in [0.05, 0.1) is 28.7 Å². The lowest BCUT2D eigenvalue weighted by Crippen LogP contribution is -2.61. The number of hydrogen-bond acceptors (Lipinski definition) is 7. The zero-order chi connectivity index (χ0) is 29.2. The summed E-state index contributed by atoms with van der Waals surface area (Å²) in [6, 6.07) is 12.2. The summed E-state index contributed by atoms with van der Waals surface area (Å²) in [6.07, 6.45) is 1.57. The summed E-state index contributed by atoms with van der Waals surface area (Å²) in [5.74, 6) is 0.695. The smallest absolute Gasteiger partial charge is 0.337 e. The van der Waals surface area contributed by atoms with Gasteiger partial charge in [0.25, 0.3) is 5.91 Å². The van der Waals surface area contributed by atoms with Gasteiger partial charge in [0, 0.05) is 26.2 Å². The maximum atomic E-state index is 13.7. The number of aromatic nitrogens is 3. The Bertz CT molecular complexity index is 1370. The van der Waals surface area contributed by atoms with Crippen LogP contribution in [0.15, 0.2) is 42.6 Å². The number of rotatable bonds is 8. The van der Waals surface area contributed by atoms with E-state index < -0.39 is 11.5 Å². The Labute approximate surface area is 236 Å². The number of amides is 1. The lowest BCUT2D eigenvalue weighted by molar-refractivity contribution is 0.0506. The molecule has 40 heavy (non-hydrogen) atoms. The third-order valence-corrected chi connectivity index (χ3v) is 7.58. The molecule has 1 amide bonds. The second-order valence-corrected chi connectivity index (χ2v) is 11.6. The summed E-state index contributed by atoms with van der Waals surface area (Å²) in [6.45, 7) is 16.2. The van der Waals surface area contributed by atoms with Gasteiger partial charge in [-0.1, -0.05) is 51.1 Å². The summed E-state index contributed by atoms with van der Waals surface area (Å²) >= 11 is 0. The Morgan fingerprint density at radius 2 is 1.77 bits per heavy atom. The molecule has 1 saturated heterocycles. The second kappa shape index (κ2) is 11.6. The molecule has 2 N–H and O–H groups in total. The Balaban J connectivity index is 1.50. The van der Waals surface area contributed by atoms with Crippen LogP contribution >= 0.6 is 0 Å². The number of carboxylic acid groups (broad SMARTS) is 1. The molecular formula is C31H40N6O3. The van der Waals surface area contributed by atoms with Gasteiger partial charge in [-0.05, 0) is 56.7 Å². The molecule has 1 aromatic carbocycles. The molecular weight excluding hydrogens is 504 g/mol. The third kappa shape index (κ3) is 6.08. The molecule has 1 atom stereocenters. The van der Waals surface area contributed by atoms with E-state index in [4.69, 9.17) is 4.98 Å². The summed E-state index contributed by atoms with van der Waals surface area (Å²) in [5.41, 5.74) is 3.26. The highest BCUT2D eigenvalue weighted by atomic mass is 16.4. The number of carbonyl (C=O) groups is 2. The number of benzene rings is 1. The summed E-state index contributed by atoms with van der Waals surface area (Å²) in [5, 5.41) is 12.9. The number of pyridine rings is 1. The van der Waals surface area contributed by atoms with Gasteiger partial charge in [0.15, 0.2) is 0 Å². The predicted octanol–water partition coefficient (Wildman–Crippen LogP) is 5.27. The van der Waals surface area contributed by atoms with Crippen LogP contribution in [0.1, 0.15) is 89.8 Å². The molecule has 2 aromatic heterocycles. The minimum Gasteiger partial charge on any atom is -0.478 e. The van der Waals surface area contributed by atoms with E-state index >= 15 is 0 Å². The number of anilines is 2. The molecule has 3 aromatic rings. The van der Waals surface area contributed by atoms with E-state index in [-0.39, 0.29) is 17.4 Å². The SMILES string of the molecule is Cc1cc(N2CCN(C(=O)c3cnc(NC[C@@H](C)c4ccccc4)c(C(C)C)n3)C(C)(C)C2)nc(C)c1C(=O)O. The molecule has 212 valence electrons. The summed E-state index contributed by atoms with van der Waals surface area (Å²) in [7, 11) is 0. The normalized spacial score (nSPS) is 15.7. The van der Waals surface area contributed by atoms with Gasteiger partial charge in [-0.25, -0.2) is 19.7 Å². The first-order chi connectivity index (χ1) is 18.9. The number of hydrogen-bond donors (Lipinski definition) is 2. The number of piperazine rings is 1. The van der Waals surface area contributed by atoms with Gasteiger partial charge in [0.1, 0.15) is 17.3 Å². The van der Waals surface area contributed by atoms with Crippen molar-refractivity contribution in [2.45, 2.75) is 65.8 Å². The van der Waals surface area contributed by atoms with Crippen LogP contribution in [0, 0.1) is 13.8 Å². The maximum absolute atomic E-state index is 13.7. The number of nitrogens with zero attached hydrogens (tertiary/aromatic N) is 5. The van der Waals surface area contributed by atoms with Gasteiger partial charge in [-0.15, -0.1) is 0 Å². The number of aryl methyl sites for hydroxylation is 2. The van der Waals surface area contributed by atoms with E-state index in [0.29, 0.717) is 54.9 Å². The Kier molecular flexibility index (Phi) is 8.42. The first-order valence-corrected chi connectivity index (χ1v) is 13.8. The molecule has 0 radical (unpaired) electrons. The molecule has 3 heterocycles. The van der Waals surface area contributed by atoms with Crippen molar-refractivity contribution in [2.24, 2.45) is 0 Å². The molecule has 4 rings (SSSR count). The van der Waals surface area contributed by atoms with Crippen molar-refractivity contribution in [3.8, 4) is 0 Å². The molecule has 1 aliphatic rings. The lowest BCUT2D eigenvalue weighted by Gasteiger charge is -2.47. The van der Waals surface area contributed by atoms with Crippen molar-refractivity contribution in [3.05, 3.63) is 76.4 Å². The van der Waals surface area contributed by atoms with Crippen molar-refractivity contribution in [2.75, 3.05) is 36.4 Å². The summed E-state index contributed by atoms with van der Waals surface area (Å²) in [4.78, 5) is 43.3. The lowest BCUT2D eigenvalue weighted by atomic mass is 9.97. The van der Waals surface area contributed by atoms with E-state index in [1.165, 1.54) is 5.56 Å². The van der Waals surface area contributed by atoms with Crippen LogP contribution in [0.2, 0.25) is 0 Å². The first kappa shape index (κ1) is 29.0. The highest BCUT2D eigenvalue weighted by Gasteiger charge is 2.38. The number of carboxylic acids is 1. The molecule has 1 fully saturated rings. The standard InChI is InChI=1S/C31H40N6O3/c1-19(2)27-28(32-16-21(4)23-11-9-8-10-12-23)33-17-24(35-27)29(38)37-14-13-36(18-31(37,6)7)25-15-20(3)26(30(39)40)22(5)34-25/h8-12,15,17,19,21H,13-14,16,18H2,1-7H3,(H,32,33)(H,39,40)/t21-/m1/s1. The largest absolute Gasteiger partial charge is 0.478 e. The Hall–Kier alpha value is -4.01. The molecule has 9 heteroatoms. The molecule has 9 nitrogen and oxygen atoms in total. The van der Waals surface area contributed by atoms with E-state index in [9.17, 15) is 14.7 Å². The molecule has 0 saturated carbocycles. The average Bonchev–Trinajstić information content (AvgIpc) is 2.90. The van der Waals surface area contributed by atoms with Crippen LogP contribution in [-0.2, 0) is 0 Å². The van der Waals surface area contributed by atoms with E-state index in [0.717, 1.165) is 11.5 Å². The van der Waals surface area contributed by atoms with E-state index in [2.05, 4.69) is 53.1 Å². The fourth-order valence-corrected chi connectivity index (χ4v) is 5.36. The van der Waals surface area contributed by atoms with Crippen molar-refractivity contribution in [1.29, 1.82) is 0 Å². The number of aromatic carboxylic acids is 1. The van der Waals surface area contributed by atoms with Crippen LogP contribution in [0.25, 0.3) is 0 Å². The van der Waals surface area contributed by atoms with E-state index in [1.54, 1.807) is 20.0 Å². The highest BCUT2D eigenvalue weighted by Crippen LogP contribution is 2.29. The van der Waals surface area contributed by atoms with Crippen LogP contribution in [0.3, 0.4) is 0 Å². The Morgan fingerprint density at radius 3 is 2.38 bits per heavy atom. The molecule has 0 spiro atoms. The fourth-order valence-electron chi connectivity index (χ4n) is 5.36. The van der Waals surface area contributed by atoms with Gasteiger partial charge in [-0.3, -0.25) is 4.79 Å². The van der Waals surface area contributed by atoms with Crippen molar-refractivity contribution < 1.29 is 14.7 Å². The zero-order valence-electron chi connectivity index (χ0n) is 24.5. The molecule has 0 bridgehead atoms. The molecule has 0 aliphatic carbocycles. The Morgan fingerprint density at radius 1 is 1.07 bits per heavy atom. The van der Waals surface area contributed by atoms with Gasteiger partial charge >= 0.3 is 5.97 Å². The van der Waals surface area contributed by atoms with Gasteiger partial charge in [-0.2, -0.15) is 0 Å². The van der Waals surface area contributed by atoms with Crippen molar-refractivity contribution in [1.82, 2.24) is 19.9 Å². The van der Waals surface area contributed by atoms with Gasteiger partial charge in [0.2, 0.25) is 0 Å². The van der Waals surface area contributed by atoms with Crippen molar-refractivity contribution >= 4 is 23.5 Å². The van der Waals surface area contributed by atoms with E-state index in [1.807, 2.05) is 43.0 Å². The predicted molar refractivity (Wildman–Crippen MR) is 157 cm³/mol. The number of nitrogens with one attached hydrogen (secondary N) is 1. The second-order valence-electron chi connectivity index (χ2n) is 11.6. The molecule has 1 aliphatic heterocycles. The van der Waals surface area contributed by atoms with Crippen LogP contribution < -0.4 is 10.2 Å². The maximum Gasteiger partial charge on any atom is 0.337 e. The van der Waals surface area contributed by atoms with Gasteiger partial charge < -0.3 is 20.2 Å². The highest BCUT2D eigenvalue weighted by molar-refractivity contribution is 5.93. The first-order valence-electron chi connectivity index (χ1n) is 13.8. The topological polar surface area (TPSA) is 112 Å². The minimum absolute atomic E-state index is 0.0889. The zero-order valence-corrected chi connectivity index (χ0v) is 24.5. The van der Waals surface area contributed by atoms with Crippen LogP contribution in [0.4, 0.5) is 11.6 Å². The quantitative estimate of drug-likeness (QED) is 0.395. The number of carbonyl (C=O) groups excluding carboxylic acids is 1.